The van der Waals surface area contributed by atoms with Gasteiger partial charge in [-0.05, 0) is 63.8 Å². The van der Waals surface area contributed by atoms with Crippen molar-refractivity contribution >= 4 is 0 Å². The van der Waals surface area contributed by atoms with Crippen LogP contribution in [-0.2, 0) is 0 Å². The first-order valence-corrected chi connectivity index (χ1v) is 6.48. The van der Waals surface area contributed by atoms with Gasteiger partial charge >= 0.3 is 0 Å². The van der Waals surface area contributed by atoms with Crippen LogP contribution in [0.3, 0.4) is 0 Å². The second kappa shape index (κ2) is 7.75. The van der Waals surface area contributed by atoms with Gasteiger partial charge in [-0.1, -0.05) is 47.5 Å². The highest BCUT2D eigenvalue weighted by Crippen LogP contribution is 2.08. The van der Waals surface area contributed by atoms with Crippen LogP contribution in [0.2, 0.25) is 0 Å². The fraction of sp³-hybridized carbons (Fsp3) is 0.333. The Kier molecular flexibility index (Phi) is 7.10. The number of benzene rings is 2. The van der Waals surface area contributed by atoms with E-state index in [0.717, 1.165) is 0 Å². The minimum Gasteiger partial charge on any atom is -0.412 e. The van der Waals surface area contributed by atoms with Crippen molar-refractivity contribution in [3.05, 3.63) is 69.8 Å². The number of aryl methyl sites for hydroxylation is 6. The smallest absolute Gasteiger partial charge is 0.0395 e. The van der Waals surface area contributed by atoms with Crippen LogP contribution in [0.1, 0.15) is 33.4 Å². The van der Waals surface area contributed by atoms with E-state index in [1.54, 1.807) is 0 Å². The highest BCUT2D eigenvalue weighted by molar-refractivity contribution is 5.29. The lowest BCUT2D eigenvalue weighted by Crippen LogP contribution is -1.79. The molecule has 0 saturated carbocycles. The summed E-state index contributed by atoms with van der Waals surface area (Å²) in [5, 5.41) is 0. The Morgan fingerprint density at radius 1 is 0.474 bits per heavy atom. The van der Waals surface area contributed by atoms with E-state index in [2.05, 4.69) is 77.9 Å². The van der Waals surface area contributed by atoms with Gasteiger partial charge in [-0.15, -0.1) is 0 Å². The quantitative estimate of drug-likeness (QED) is 0.671. The van der Waals surface area contributed by atoms with Gasteiger partial charge < -0.3 is 5.48 Å². The molecule has 0 radical (unpaired) electrons. The summed E-state index contributed by atoms with van der Waals surface area (Å²) in [5.74, 6) is 0. The van der Waals surface area contributed by atoms with Gasteiger partial charge in [0.25, 0.3) is 0 Å². The Morgan fingerprint density at radius 3 is 1.00 bits per heavy atom. The van der Waals surface area contributed by atoms with E-state index < -0.39 is 0 Å². The summed E-state index contributed by atoms with van der Waals surface area (Å²) in [5.41, 5.74) is 8.21. The molecular weight excluding hydrogens is 232 g/mol. The zero-order valence-electron chi connectivity index (χ0n) is 13.0. The summed E-state index contributed by atoms with van der Waals surface area (Å²) in [6.07, 6.45) is 0. The maximum atomic E-state index is 2.20. The van der Waals surface area contributed by atoms with Gasteiger partial charge in [-0.25, -0.2) is 0 Å². The third-order valence-electron chi connectivity index (χ3n) is 3.32. The van der Waals surface area contributed by atoms with Gasteiger partial charge in [-0.3, -0.25) is 0 Å². The summed E-state index contributed by atoms with van der Waals surface area (Å²) in [7, 11) is 0. The lowest BCUT2D eigenvalue weighted by Gasteiger charge is -1.98. The summed E-state index contributed by atoms with van der Waals surface area (Å²) in [6, 6.07) is 13.0. The molecule has 1 heteroatoms. The van der Waals surface area contributed by atoms with Gasteiger partial charge in [0.05, 0.1) is 0 Å². The molecule has 0 aliphatic carbocycles. The van der Waals surface area contributed by atoms with Crippen molar-refractivity contribution in [1.29, 1.82) is 0 Å². The Hall–Kier alpha value is -1.60. The van der Waals surface area contributed by atoms with Crippen molar-refractivity contribution in [2.45, 2.75) is 41.5 Å². The third kappa shape index (κ3) is 5.71. The third-order valence-corrected chi connectivity index (χ3v) is 3.32. The van der Waals surface area contributed by atoms with E-state index in [9.17, 15) is 0 Å². The molecule has 19 heavy (non-hydrogen) atoms. The van der Waals surface area contributed by atoms with Crippen molar-refractivity contribution in [1.82, 2.24) is 0 Å². The number of rotatable bonds is 0. The average Bonchev–Trinajstić information content (AvgIpc) is 2.30. The Bertz CT molecular complexity index is 478. The maximum absolute atomic E-state index is 2.20. The summed E-state index contributed by atoms with van der Waals surface area (Å²) >= 11 is 0. The largest absolute Gasteiger partial charge is 0.412 e. The summed E-state index contributed by atoms with van der Waals surface area (Å²) in [6.45, 7) is 12.8. The molecule has 0 saturated heterocycles. The second-order valence-electron chi connectivity index (χ2n) is 5.18. The van der Waals surface area contributed by atoms with Gasteiger partial charge in [0, 0.05) is 0 Å². The second-order valence-corrected chi connectivity index (χ2v) is 5.18. The fourth-order valence-corrected chi connectivity index (χ4v) is 1.78. The molecule has 0 aromatic heterocycles. The van der Waals surface area contributed by atoms with Gasteiger partial charge in [0.15, 0.2) is 0 Å². The first-order chi connectivity index (χ1) is 8.40. The van der Waals surface area contributed by atoms with Crippen molar-refractivity contribution in [2.24, 2.45) is 0 Å². The van der Waals surface area contributed by atoms with Crippen LogP contribution < -0.4 is 0 Å². The first-order valence-electron chi connectivity index (χ1n) is 6.48. The van der Waals surface area contributed by atoms with E-state index in [1.165, 1.54) is 33.4 Å². The van der Waals surface area contributed by atoms with E-state index in [0.29, 0.717) is 0 Å². The van der Waals surface area contributed by atoms with Gasteiger partial charge in [0.1, 0.15) is 0 Å². The molecule has 0 aliphatic rings. The maximum Gasteiger partial charge on any atom is -0.0395 e. The topological polar surface area (TPSA) is 31.5 Å². The van der Waals surface area contributed by atoms with Crippen LogP contribution >= 0.6 is 0 Å². The van der Waals surface area contributed by atoms with Crippen molar-refractivity contribution in [3.8, 4) is 0 Å². The van der Waals surface area contributed by atoms with Crippen LogP contribution in [0.15, 0.2) is 36.4 Å². The van der Waals surface area contributed by atoms with E-state index in [1.807, 2.05) is 0 Å². The predicted molar refractivity (Wildman–Crippen MR) is 84.9 cm³/mol. The molecule has 1 nitrogen and oxygen atoms in total. The monoisotopic (exact) mass is 258 g/mol. The SMILES string of the molecule is Cc1ccc(C)c(C)c1.Cc1ccc(C)c(C)c1.O. The standard InChI is InChI=1S/2C9H12.H2O/c2*1-7-4-5-8(2)9(3)6-7;/h2*4-6H,1-3H3;1H2. The summed E-state index contributed by atoms with van der Waals surface area (Å²) in [4.78, 5) is 0. The lowest BCUT2D eigenvalue weighted by molar-refractivity contribution is 0.824. The van der Waals surface area contributed by atoms with Gasteiger partial charge in [-0.2, -0.15) is 0 Å². The van der Waals surface area contributed by atoms with E-state index in [4.69, 9.17) is 0 Å². The van der Waals surface area contributed by atoms with Crippen LogP contribution in [0.25, 0.3) is 0 Å². The summed E-state index contributed by atoms with van der Waals surface area (Å²) < 4.78 is 0. The van der Waals surface area contributed by atoms with Crippen LogP contribution in [-0.4, -0.2) is 5.48 Å². The van der Waals surface area contributed by atoms with Crippen molar-refractivity contribution < 1.29 is 5.48 Å². The molecule has 2 aromatic rings. The van der Waals surface area contributed by atoms with E-state index in [-0.39, 0.29) is 5.48 Å². The zero-order chi connectivity index (χ0) is 13.7. The molecule has 0 spiro atoms. The molecule has 2 aromatic carbocycles. The molecule has 0 atom stereocenters. The molecule has 0 aliphatic heterocycles. The Labute approximate surface area is 117 Å². The van der Waals surface area contributed by atoms with Crippen LogP contribution in [0, 0.1) is 41.5 Å². The zero-order valence-corrected chi connectivity index (χ0v) is 13.0. The Balaban J connectivity index is 0.000000324. The van der Waals surface area contributed by atoms with Gasteiger partial charge in [0.2, 0.25) is 0 Å². The number of hydrogen-bond donors (Lipinski definition) is 0. The number of hydrogen-bond acceptors (Lipinski definition) is 0. The first kappa shape index (κ1) is 17.4. The van der Waals surface area contributed by atoms with E-state index >= 15 is 0 Å². The highest BCUT2D eigenvalue weighted by atomic mass is 16.0. The minimum absolute atomic E-state index is 0. The molecule has 104 valence electrons. The fourth-order valence-electron chi connectivity index (χ4n) is 1.78. The normalized spacial score (nSPS) is 9.16. The molecule has 0 bridgehead atoms. The van der Waals surface area contributed by atoms with Crippen molar-refractivity contribution in [2.75, 3.05) is 0 Å². The minimum atomic E-state index is 0. The van der Waals surface area contributed by atoms with Crippen LogP contribution in [0.5, 0.6) is 0 Å². The molecule has 0 fully saturated rings. The molecule has 2 rings (SSSR count). The molecule has 0 unspecified atom stereocenters. The average molecular weight is 258 g/mol. The molecule has 0 amide bonds. The predicted octanol–water partition coefficient (Wildman–Crippen LogP) is 4.40. The molecular formula is C18H26O. The molecule has 0 heterocycles. The van der Waals surface area contributed by atoms with Crippen LogP contribution in [0.4, 0.5) is 0 Å². The lowest BCUT2D eigenvalue weighted by atomic mass is 10.1. The Morgan fingerprint density at radius 2 is 0.789 bits per heavy atom. The molecule has 2 N–H and O–H groups in total. The highest BCUT2D eigenvalue weighted by Gasteiger charge is 1.89. The van der Waals surface area contributed by atoms with Crippen molar-refractivity contribution in [3.63, 3.8) is 0 Å².